The van der Waals surface area contributed by atoms with Gasteiger partial charge in [-0.25, -0.2) is 0 Å². The van der Waals surface area contributed by atoms with Crippen molar-refractivity contribution in [1.29, 1.82) is 0 Å². The van der Waals surface area contributed by atoms with Gasteiger partial charge in [0.25, 0.3) is 0 Å². The molecule has 2 saturated heterocycles. The first-order valence-corrected chi connectivity index (χ1v) is 6.02. The molecule has 0 bridgehead atoms. The Morgan fingerprint density at radius 2 is 2.13 bits per heavy atom. The van der Waals surface area contributed by atoms with E-state index in [0.717, 1.165) is 26.0 Å². The lowest BCUT2D eigenvalue weighted by atomic mass is 9.82. The van der Waals surface area contributed by atoms with E-state index < -0.39 is 0 Å². The normalized spacial score (nSPS) is 39.8. The SMILES string of the molecule is CNC[C@@H]1CC[C@]2(CCOC(C)(C)C2)O1. The van der Waals surface area contributed by atoms with Crippen LogP contribution in [0.4, 0.5) is 0 Å². The van der Waals surface area contributed by atoms with Crippen LogP contribution in [-0.4, -0.2) is 37.5 Å². The molecule has 2 fully saturated rings. The van der Waals surface area contributed by atoms with Crippen molar-refractivity contribution in [1.82, 2.24) is 5.32 Å². The number of likely N-dealkylation sites (N-methyl/N-ethyl adjacent to an activating group) is 1. The van der Waals surface area contributed by atoms with E-state index in [1.54, 1.807) is 0 Å². The van der Waals surface area contributed by atoms with E-state index in [1.165, 1.54) is 12.8 Å². The number of ether oxygens (including phenoxy) is 2. The smallest absolute Gasteiger partial charge is 0.0737 e. The Balaban J connectivity index is 1.97. The Kier molecular flexibility index (Phi) is 3.06. The van der Waals surface area contributed by atoms with Crippen molar-refractivity contribution in [3.63, 3.8) is 0 Å². The molecule has 2 heterocycles. The molecule has 3 heteroatoms. The number of hydrogen-bond acceptors (Lipinski definition) is 3. The van der Waals surface area contributed by atoms with Crippen LogP contribution in [0.25, 0.3) is 0 Å². The number of rotatable bonds is 2. The predicted octanol–water partition coefficient (Wildman–Crippen LogP) is 1.71. The molecule has 0 saturated carbocycles. The third-order valence-corrected chi connectivity index (χ3v) is 3.57. The van der Waals surface area contributed by atoms with E-state index in [9.17, 15) is 0 Å². The van der Waals surface area contributed by atoms with Crippen molar-refractivity contribution in [3.05, 3.63) is 0 Å². The molecular weight excluding hydrogens is 190 g/mol. The van der Waals surface area contributed by atoms with Gasteiger partial charge in [0.15, 0.2) is 0 Å². The highest BCUT2D eigenvalue weighted by Crippen LogP contribution is 2.43. The molecule has 2 aliphatic heterocycles. The van der Waals surface area contributed by atoms with Crippen molar-refractivity contribution >= 4 is 0 Å². The summed E-state index contributed by atoms with van der Waals surface area (Å²) in [7, 11) is 1.99. The monoisotopic (exact) mass is 213 g/mol. The second-order valence-electron chi connectivity index (χ2n) is 5.55. The third kappa shape index (κ3) is 2.52. The molecule has 1 N–H and O–H groups in total. The fourth-order valence-electron chi connectivity index (χ4n) is 3.01. The standard InChI is InChI=1S/C12H23NO2/c1-11(2)9-12(6-7-14-11)5-4-10(15-12)8-13-3/h10,13H,4-9H2,1-3H3/t10-,12+/m0/s1. The summed E-state index contributed by atoms with van der Waals surface area (Å²) in [5, 5.41) is 3.20. The van der Waals surface area contributed by atoms with Gasteiger partial charge in [-0.2, -0.15) is 0 Å². The van der Waals surface area contributed by atoms with Gasteiger partial charge < -0.3 is 14.8 Å². The zero-order chi connectivity index (χ0) is 10.9. The summed E-state index contributed by atoms with van der Waals surface area (Å²) in [6, 6.07) is 0. The summed E-state index contributed by atoms with van der Waals surface area (Å²) >= 11 is 0. The van der Waals surface area contributed by atoms with Crippen LogP contribution in [0.2, 0.25) is 0 Å². The lowest BCUT2D eigenvalue weighted by molar-refractivity contribution is -0.162. The Morgan fingerprint density at radius 3 is 2.80 bits per heavy atom. The summed E-state index contributed by atoms with van der Waals surface area (Å²) in [6.07, 6.45) is 4.91. The second-order valence-corrected chi connectivity index (χ2v) is 5.55. The first-order valence-electron chi connectivity index (χ1n) is 6.02. The largest absolute Gasteiger partial charge is 0.375 e. The van der Waals surface area contributed by atoms with Gasteiger partial charge in [0, 0.05) is 13.0 Å². The summed E-state index contributed by atoms with van der Waals surface area (Å²) in [6.45, 7) is 6.16. The minimum atomic E-state index is -0.00716. The zero-order valence-electron chi connectivity index (χ0n) is 10.1. The summed E-state index contributed by atoms with van der Waals surface area (Å²) in [5.41, 5.74) is 0.107. The molecule has 0 amide bonds. The van der Waals surface area contributed by atoms with E-state index in [4.69, 9.17) is 9.47 Å². The molecule has 3 nitrogen and oxygen atoms in total. The maximum Gasteiger partial charge on any atom is 0.0737 e. The van der Waals surface area contributed by atoms with Gasteiger partial charge >= 0.3 is 0 Å². The molecule has 15 heavy (non-hydrogen) atoms. The van der Waals surface area contributed by atoms with Gasteiger partial charge in [-0.05, 0) is 40.2 Å². The van der Waals surface area contributed by atoms with Crippen LogP contribution in [0.3, 0.4) is 0 Å². The van der Waals surface area contributed by atoms with Crippen molar-refractivity contribution in [3.8, 4) is 0 Å². The summed E-state index contributed by atoms with van der Waals surface area (Å²) < 4.78 is 12.0. The molecule has 0 aliphatic carbocycles. The Hall–Kier alpha value is -0.120. The molecule has 2 rings (SSSR count). The minimum absolute atomic E-state index is 0.00716. The van der Waals surface area contributed by atoms with E-state index in [-0.39, 0.29) is 11.2 Å². The number of hydrogen-bond donors (Lipinski definition) is 1. The summed E-state index contributed by atoms with van der Waals surface area (Å²) in [5.74, 6) is 0. The topological polar surface area (TPSA) is 30.5 Å². The molecule has 0 unspecified atom stereocenters. The average molecular weight is 213 g/mol. The van der Waals surface area contributed by atoms with Gasteiger partial charge in [-0.15, -0.1) is 0 Å². The van der Waals surface area contributed by atoms with Gasteiger partial charge in [0.05, 0.1) is 23.9 Å². The molecule has 0 radical (unpaired) electrons. The summed E-state index contributed by atoms with van der Waals surface area (Å²) in [4.78, 5) is 0. The lowest BCUT2D eigenvalue weighted by Gasteiger charge is -2.42. The van der Waals surface area contributed by atoms with Crippen LogP contribution < -0.4 is 5.32 Å². The average Bonchev–Trinajstić information content (AvgIpc) is 2.47. The Labute approximate surface area is 92.5 Å². The molecular formula is C12H23NO2. The fraction of sp³-hybridized carbons (Fsp3) is 1.00. The van der Waals surface area contributed by atoms with Crippen molar-refractivity contribution < 1.29 is 9.47 Å². The highest BCUT2D eigenvalue weighted by Gasteiger charge is 2.46. The molecule has 2 aliphatic rings. The molecule has 0 aromatic rings. The Morgan fingerprint density at radius 1 is 1.33 bits per heavy atom. The Bertz CT molecular complexity index is 230. The lowest BCUT2D eigenvalue weighted by Crippen LogP contribution is -2.46. The van der Waals surface area contributed by atoms with Crippen LogP contribution in [0.15, 0.2) is 0 Å². The minimum Gasteiger partial charge on any atom is -0.375 e. The predicted molar refractivity (Wildman–Crippen MR) is 60.0 cm³/mol. The molecule has 0 aromatic heterocycles. The molecule has 2 atom stereocenters. The van der Waals surface area contributed by atoms with Crippen molar-refractivity contribution in [2.45, 2.75) is 56.8 Å². The van der Waals surface area contributed by atoms with Crippen LogP contribution in [0.5, 0.6) is 0 Å². The van der Waals surface area contributed by atoms with Crippen LogP contribution in [0.1, 0.15) is 39.5 Å². The van der Waals surface area contributed by atoms with Crippen LogP contribution in [-0.2, 0) is 9.47 Å². The first-order chi connectivity index (χ1) is 7.05. The molecule has 1 spiro atoms. The van der Waals surface area contributed by atoms with Crippen molar-refractivity contribution in [2.24, 2.45) is 0 Å². The van der Waals surface area contributed by atoms with E-state index in [1.807, 2.05) is 7.05 Å². The van der Waals surface area contributed by atoms with Crippen molar-refractivity contribution in [2.75, 3.05) is 20.2 Å². The third-order valence-electron chi connectivity index (χ3n) is 3.57. The highest BCUT2D eigenvalue weighted by molar-refractivity contribution is 4.96. The van der Waals surface area contributed by atoms with E-state index in [0.29, 0.717) is 6.10 Å². The maximum atomic E-state index is 6.22. The van der Waals surface area contributed by atoms with E-state index in [2.05, 4.69) is 19.2 Å². The van der Waals surface area contributed by atoms with Gasteiger partial charge in [-0.3, -0.25) is 0 Å². The second kappa shape index (κ2) is 4.04. The molecule has 0 aromatic carbocycles. The number of nitrogens with one attached hydrogen (secondary N) is 1. The van der Waals surface area contributed by atoms with E-state index >= 15 is 0 Å². The van der Waals surface area contributed by atoms with Gasteiger partial charge in [0.1, 0.15) is 0 Å². The quantitative estimate of drug-likeness (QED) is 0.757. The zero-order valence-corrected chi connectivity index (χ0v) is 10.1. The van der Waals surface area contributed by atoms with Gasteiger partial charge in [0.2, 0.25) is 0 Å². The fourth-order valence-corrected chi connectivity index (χ4v) is 3.01. The highest BCUT2D eigenvalue weighted by atomic mass is 16.5. The van der Waals surface area contributed by atoms with Gasteiger partial charge in [-0.1, -0.05) is 0 Å². The maximum absolute atomic E-state index is 6.22. The molecule has 88 valence electrons. The van der Waals surface area contributed by atoms with Crippen LogP contribution in [0, 0.1) is 0 Å². The van der Waals surface area contributed by atoms with Crippen LogP contribution >= 0.6 is 0 Å². The first kappa shape index (κ1) is 11.4.